The van der Waals surface area contributed by atoms with Gasteiger partial charge in [0.15, 0.2) is 11.5 Å². The predicted octanol–water partition coefficient (Wildman–Crippen LogP) is 4.71. The van der Waals surface area contributed by atoms with Gasteiger partial charge in [0.1, 0.15) is 11.2 Å². The zero-order valence-electron chi connectivity index (χ0n) is 14.7. The van der Waals surface area contributed by atoms with Gasteiger partial charge < -0.3 is 19.0 Å². The second-order valence-corrected chi connectivity index (χ2v) is 7.46. The highest BCUT2D eigenvalue weighted by atomic mass is 32.1. The summed E-state index contributed by atoms with van der Waals surface area (Å²) < 4.78 is 11.5. The van der Waals surface area contributed by atoms with Gasteiger partial charge in [0.2, 0.25) is 22.4 Å². The number of aromatic hydroxyl groups is 2. The van der Waals surface area contributed by atoms with Gasteiger partial charge in [-0.15, -0.1) is 11.3 Å². The van der Waals surface area contributed by atoms with E-state index in [2.05, 4.69) is 0 Å². The van der Waals surface area contributed by atoms with Crippen LogP contribution in [0.5, 0.6) is 11.5 Å². The Labute approximate surface area is 166 Å². The topological polar surface area (TPSA) is 101 Å². The molecule has 0 fully saturated rings. The Bertz CT molecular complexity index is 1410. The van der Waals surface area contributed by atoms with Crippen molar-refractivity contribution < 1.29 is 19.0 Å². The van der Waals surface area contributed by atoms with E-state index in [9.17, 15) is 19.8 Å². The summed E-state index contributed by atoms with van der Waals surface area (Å²) in [4.78, 5) is 25.8. The number of para-hydroxylation sites is 2. The minimum absolute atomic E-state index is 0.0209. The first kappa shape index (κ1) is 17.3. The fourth-order valence-electron chi connectivity index (χ4n) is 3.18. The summed E-state index contributed by atoms with van der Waals surface area (Å²) in [7, 11) is 0. The van der Waals surface area contributed by atoms with Crippen LogP contribution >= 0.6 is 11.3 Å². The van der Waals surface area contributed by atoms with Crippen LogP contribution in [0.1, 0.15) is 0 Å². The van der Waals surface area contributed by atoms with Crippen molar-refractivity contribution in [3.8, 4) is 32.8 Å². The first-order valence-corrected chi connectivity index (χ1v) is 9.46. The van der Waals surface area contributed by atoms with Crippen LogP contribution < -0.4 is 10.9 Å². The molecule has 0 bridgehead atoms. The van der Waals surface area contributed by atoms with Gasteiger partial charge in [0.25, 0.3) is 0 Å². The van der Waals surface area contributed by atoms with Crippen LogP contribution in [0.2, 0.25) is 0 Å². The molecule has 3 heterocycles. The van der Waals surface area contributed by atoms with Crippen molar-refractivity contribution in [1.82, 2.24) is 0 Å². The summed E-state index contributed by atoms with van der Waals surface area (Å²) in [5.41, 5.74) is -0.366. The minimum atomic E-state index is -0.531. The van der Waals surface area contributed by atoms with Gasteiger partial charge >= 0.3 is 0 Å². The molecule has 0 unspecified atom stereocenters. The lowest BCUT2D eigenvalue weighted by atomic mass is 10.2. The maximum absolute atomic E-state index is 12.4. The third-order valence-corrected chi connectivity index (χ3v) is 5.68. The van der Waals surface area contributed by atoms with Crippen LogP contribution in [-0.4, -0.2) is 10.2 Å². The Morgan fingerprint density at radius 3 is 1.48 bits per heavy atom. The maximum atomic E-state index is 12.4. The Balaban J connectivity index is 1.70. The highest BCUT2D eigenvalue weighted by molar-refractivity contribution is 7.18. The van der Waals surface area contributed by atoms with Crippen molar-refractivity contribution in [1.29, 1.82) is 0 Å². The van der Waals surface area contributed by atoms with E-state index < -0.39 is 22.4 Å². The summed E-state index contributed by atoms with van der Waals surface area (Å²) in [5, 5.41) is 21.3. The van der Waals surface area contributed by atoms with Crippen molar-refractivity contribution in [3.05, 3.63) is 81.1 Å². The van der Waals surface area contributed by atoms with Crippen molar-refractivity contribution in [3.63, 3.8) is 0 Å². The Morgan fingerprint density at radius 1 is 0.621 bits per heavy atom. The Kier molecular flexibility index (Phi) is 3.78. The molecule has 142 valence electrons. The van der Waals surface area contributed by atoms with Crippen LogP contribution in [-0.2, 0) is 0 Å². The molecule has 5 rings (SSSR count). The molecule has 5 aromatic rings. The summed E-state index contributed by atoms with van der Waals surface area (Å²) in [6, 6.07) is 16.5. The largest absolute Gasteiger partial charge is 0.501 e. The molecule has 0 aliphatic heterocycles. The van der Waals surface area contributed by atoms with E-state index in [0.717, 1.165) is 11.3 Å². The van der Waals surface area contributed by atoms with E-state index in [-0.39, 0.29) is 22.3 Å². The van der Waals surface area contributed by atoms with E-state index in [4.69, 9.17) is 8.83 Å². The number of benzene rings is 2. The SMILES string of the molecule is O=c1c(O)c(-c2ccc(-c3oc4ccccc4c(=O)c3O)s2)oc2ccccc12. The number of hydrogen-bond acceptors (Lipinski definition) is 7. The molecule has 2 aromatic carbocycles. The van der Waals surface area contributed by atoms with Crippen LogP contribution in [0.25, 0.3) is 43.2 Å². The van der Waals surface area contributed by atoms with E-state index in [0.29, 0.717) is 20.9 Å². The zero-order valence-corrected chi connectivity index (χ0v) is 15.5. The molecule has 29 heavy (non-hydrogen) atoms. The molecule has 2 N–H and O–H groups in total. The second-order valence-electron chi connectivity index (χ2n) is 6.37. The molecule has 0 radical (unpaired) electrons. The van der Waals surface area contributed by atoms with Gasteiger partial charge in [-0.25, -0.2) is 0 Å². The molecular weight excluding hydrogens is 392 g/mol. The van der Waals surface area contributed by atoms with Crippen molar-refractivity contribution in [2.45, 2.75) is 0 Å². The molecule has 6 nitrogen and oxygen atoms in total. The predicted molar refractivity (Wildman–Crippen MR) is 111 cm³/mol. The lowest BCUT2D eigenvalue weighted by Crippen LogP contribution is -2.02. The van der Waals surface area contributed by atoms with Crippen LogP contribution in [0, 0.1) is 0 Å². The summed E-state index contributed by atoms with van der Waals surface area (Å²) in [6.45, 7) is 0. The van der Waals surface area contributed by atoms with Crippen LogP contribution in [0.4, 0.5) is 0 Å². The van der Waals surface area contributed by atoms with Gasteiger partial charge in [-0.05, 0) is 36.4 Å². The minimum Gasteiger partial charge on any atom is -0.501 e. The van der Waals surface area contributed by atoms with Gasteiger partial charge in [0, 0.05) is 0 Å². The van der Waals surface area contributed by atoms with Gasteiger partial charge in [-0.3, -0.25) is 9.59 Å². The first-order valence-electron chi connectivity index (χ1n) is 8.65. The Hall–Kier alpha value is -3.84. The smallest absolute Gasteiger partial charge is 0.235 e. The Morgan fingerprint density at radius 2 is 1.03 bits per heavy atom. The third-order valence-electron chi connectivity index (χ3n) is 4.60. The highest BCUT2D eigenvalue weighted by Crippen LogP contribution is 2.40. The van der Waals surface area contributed by atoms with Crippen LogP contribution in [0.3, 0.4) is 0 Å². The van der Waals surface area contributed by atoms with Gasteiger partial charge in [-0.1, -0.05) is 24.3 Å². The normalized spacial score (nSPS) is 11.3. The summed E-state index contributed by atoms with van der Waals surface area (Å²) >= 11 is 1.12. The number of rotatable bonds is 2. The molecule has 0 amide bonds. The lowest BCUT2D eigenvalue weighted by Gasteiger charge is -2.04. The number of hydrogen-bond donors (Lipinski definition) is 2. The lowest BCUT2D eigenvalue weighted by molar-refractivity contribution is 0.449. The average molecular weight is 404 g/mol. The molecule has 0 atom stereocenters. The molecule has 0 aliphatic rings. The third kappa shape index (κ3) is 2.63. The monoisotopic (exact) mass is 404 g/mol. The van der Waals surface area contributed by atoms with Gasteiger partial charge in [-0.2, -0.15) is 0 Å². The molecule has 0 saturated carbocycles. The van der Waals surface area contributed by atoms with E-state index in [1.807, 2.05) is 0 Å². The first-order chi connectivity index (χ1) is 14.0. The zero-order chi connectivity index (χ0) is 20.1. The standard InChI is InChI=1S/C22H12O6S/c23-17-11-5-1-3-7-13(11)27-21(19(17)25)15-9-10-16(29-15)22-20(26)18(24)12-6-2-4-8-14(12)28-22/h1-10,25-26H. The number of fused-ring (bicyclic) bond motifs is 2. The van der Waals surface area contributed by atoms with Crippen molar-refractivity contribution in [2.75, 3.05) is 0 Å². The van der Waals surface area contributed by atoms with Crippen molar-refractivity contribution in [2.24, 2.45) is 0 Å². The maximum Gasteiger partial charge on any atom is 0.235 e. The van der Waals surface area contributed by atoms with E-state index >= 15 is 0 Å². The average Bonchev–Trinajstić information content (AvgIpc) is 3.23. The second kappa shape index (κ2) is 6.35. The molecule has 0 aliphatic carbocycles. The fourth-order valence-corrected chi connectivity index (χ4v) is 4.15. The summed E-state index contributed by atoms with van der Waals surface area (Å²) in [5.74, 6) is -0.956. The van der Waals surface area contributed by atoms with Gasteiger partial charge in [0.05, 0.1) is 20.5 Å². The molecule has 7 heteroatoms. The number of thiophene rings is 1. The van der Waals surface area contributed by atoms with Crippen LogP contribution in [0.15, 0.2) is 79.1 Å². The quantitative estimate of drug-likeness (QED) is 0.442. The highest BCUT2D eigenvalue weighted by Gasteiger charge is 2.20. The molecule has 3 aromatic heterocycles. The molecular formula is C22H12O6S. The van der Waals surface area contributed by atoms with Crippen molar-refractivity contribution >= 4 is 33.3 Å². The van der Waals surface area contributed by atoms with E-state index in [1.165, 1.54) is 0 Å². The summed E-state index contributed by atoms with van der Waals surface area (Å²) in [6.07, 6.45) is 0. The fraction of sp³-hybridized carbons (Fsp3) is 0. The molecule has 0 saturated heterocycles. The molecule has 0 spiro atoms. The van der Waals surface area contributed by atoms with E-state index in [1.54, 1.807) is 60.7 Å².